The standard InChI is InChI=1S/C23H26N4O/c1-23(2)14-20(18-9-5-7-11-21(18)28-23)27-22(24-3)26-15-16-12-13-25-19-10-6-4-8-17(16)19/h4-13,20H,14-15H2,1-3H3,(H2,24,26,27). The minimum atomic E-state index is -0.230. The van der Waals surface area contributed by atoms with Gasteiger partial charge in [0, 0.05) is 37.2 Å². The molecular weight excluding hydrogens is 348 g/mol. The van der Waals surface area contributed by atoms with Crippen LogP contribution in [0.5, 0.6) is 5.75 Å². The molecule has 1 aromatic heterocycles. The molecule has 2 heterocycles. The monoisotopic (exact) mass is 374 g/mol. The zero-order valence-electron chi connectivity index (χ0n) is 16.6. The number of rotatable bonds is 3. The number of pyridine rings is 1. The number of aliphatic imine (C=N–C) groups is 1. The van der Waals surface area contributed by atoms with Gasteiger partial charge in [-0.2, -0.15) is 0 Å². The molecule has 28 heavy (non-hydrogen) atoms. The van der Waals surface area contributed by atoms with Crippen LogP contribution in [0.15, 0.2) is 65.8 Å². The maximum absolute atomic E-state index is 6.13. The molecule has 144 valence electrons. The molecule has 5 nitrogen and oxygen atoms in total. The normalized spacial score (nSPS) is 18.2. The summed E-state index contributed by atoms with van der Waals surface area (Å²) in [6, 6.07) is 18.6. The summed E-state index contributed by atoms with van der Waals surface area (Å²) >= 11 is 0. The van der Waals surface area contributed by atoms with Gasteiger partial charge in [0.1, 0.15) is 11.4 Å². The van der Waals surface area contributed by atoms with Gasteiger partial charge in [0.25, 0.3) is 0 Å². The van der Waals surface area contributed by atoms with Gasteiger partial charge in [-0.25, -0.2) is 0 Å². The van der Waals surface area contributed by atoms with Crippen molar-refractivity contribution in [3.05, 3.63) is 71.9 Å². The van der Waals surface area contributed by atoms with Crippen molar-refractivity contribution in [3.63, 3.8) is 0 Å². The van der Waals surface area contributed by atoms with E-state index in [0.717, 1.165) is 29.0 Å². The highest BCUT2D eigenvalue weighted by molar-refractivity contribution is 5.84. The van der Waals surface area contributed by atoms with E-state index in [4.69, 9.17) is 4.74 Å². The Balaban J connectivity index is 1.51. The Hall–Kier alpha value is -3.08. The third kappa shape index (κ3) is 3.79. The van der Waals surface area contributed by atoms with Crippen LogP contribution in [-0.2, 0) is 6.54 Å². The van der Waals surface area contributed by atoms with E-state index in [2.05, 4.69) is 58.7 Å². The molecule has 0 saturated carbocycles. The van der Waals surface area contributed by atoms with Crippen molar-refractivity contribution in [1.82, 2.24) is 15.6 Å². The molecule has 5 heteroatoms. The van der Waals surface area contributed by atoms with Crippen LogP contribution in [0.4, 0.5) is 0 Å². The van der Waals surface area contributed by atoms with E-state index >= 15 is 0 Å². The highest BCUT2D eigenvalue weighted by atomic mass is 16.5. The van der Waals surface area contributed by atoms with E-state index in [1.807, 2.05) is 36.5 Å². The van der Waals surface area contributed by atoms with Crippen LogP contribution in [0, 0.1) is 0 Å². The largest absolute Gasteiger partial charge is 0.487 e. The Labute approximate surface area is 165 Å². The number of benzene rings is 2. The zero-order chi connectivity index (χ0) is 19.6. The minimum absolute atomic E-state index is 0.139. The fourth-order valence-electron chi connectivity index (χ4n) is 3.78. The van der Waals surface area contributed by atoms with Crippen LogP contribution in [0.2, 0.25) is 0 Å². The van der Waals surface area contributed by atoms with Gasteiger partial charge in [0.05, 0.1) is 11.6 Å². The summed E-state index contributed by atoms with van der Waals surface area (Å²) in [6.07, 6.45) is 2.72. The molecule has 0 spiro atoms. The van der Waals surface area contributed by atoms with Crippen LogP contribution in [0.25, 0.3) is 10.9 Å². The molecule has 1 aliphatic rings. The van der Waals surface area contributed by atoms with Crippen LogP contribution >= 0.6 is 0 Å². The fraction of sp³-hybridized carbons (Fsp3) is 0.304. The quantitative estimate of drug-likeness (QED) is 0.533. The Morgan fingerprint density at radius 2 is 1.93 bits per heavy atom. The van der Waals surface area contributed by atoms with Gasteiger partial charge in [0.15, 0.2) is 5.96 Å². The molecule has 0 aliphatic carbocycles. The molecule has 3 aromatic rings. The number of nitrogens with one attached hydrogen (secondary N) is 2. The van der Waals surface area contributed by atoms with E-state index in [1.54, 1.807) is 7.05 Å². The Morgan fingerprint density at radius 1 is 1.14 bits per heavy atom. The second-order valence-electron chi connectivity index (χ2n) is 7.71. The maximum Gasteiger partial charge on any atom is 0.191 e. The lowest BCUT2D eigenvalue weighted by Crippen LogP contribution is -2.45. The molecule has 0 amide bonds. The van der Waals surface area contributed by atoms with Crippen molar-refractivity contribution in [3.8, 4) is 5.75 Å². The third-order valence-corrected chi connectivity index (χ3v) is 5.10. The van der Waals surface area contributed by atoms with Crippen LogP contribution < -0.4 is 15.4 Å². The number of ether oxygens (including phenoxy) is 1. The van der Waals surface area contributed by atoms with Gasteiger partial charge < -0.3 is 15.4 Å². The van der Waals surface area contributed by atoms with Crippen molar-refractivity contribution in [1.29, 1.82) is 0 Å². The Bertz CT molecular complexity index is 1010. The third-order valence-electron chi connectivity index (χ3n) is 5.10. The summed E-state index contributed by atoms with van der Waals surface area (Å²) in [4.78, 5) is 8.87. The number of para-hydroxylation sites is 2. The van der Waals surface area contributed by atoms with Gasteiger partial charge in [-0.15, -0.1) is 0 Å². The van der Waals surface area contributed by atoms with Crippen LogP contribution in [-0.4, -0.2) is 23.6 Å². The van der Waals surface area contributed by atoms with Crippen molar-refractivity contribution < 1.29 is 4.74 Å². The first-order valence-corrected chi connectivity index (χ1v) is 9.63. The molecule has 2 N–H and O–H groups in total. The average molecular weight is 374 g/mol. The molecule has 0 bridgehead atoms. The molecule has 0 fully saturated rings. The lowest BCUT2D eigenvalue weighted by Gasteiger charge is -2.38. The van der Waals surface area contributed by atoms with E-state index in [-0.39, 0.29) is 11.6 Å². The first-order chi connectivity index (χ1) is 13.6. The Kier molecular flexibility index (Phi) is 4.90. The average Bonchev–Trinajstić information content (AvgIpc) is 2.70. The number of hydrogen-bond donors (Lipinski definition) is 2. The second kappa shape index (κ2) is 7.50. The lowest BCUT2D eigenvalue weighted by molar-refractivity contribution is 0.0694. The van der Waals surface area contributed by atoms with E-state index < -0.39 is 0 Å². The number of nitrogens with zero attached hydrogens (tertiary/aromatic N) is 2. The summed E-state index contributed by atoms with van der Waals surface area (Å²) in [5.41, 5.74) is 3.14. The first kappa shape index (κ1) is 18.3. The molecule has 2 aromatic carbocycles. The molecule has 0 radical (unpaired) electrons. The zero-order valence-corrected chi connectivity index (χ0v) is 16.6. The second-order valence-corrected chi connectivity index (χ2v) is 7.71. The summed E-state index contributed by atoms with van der Waals surface area (Å²) in [7, 11) is 1.80. The molecule has 1 unspecified atom stereocenters. The summed E-state index contributed by atoms with van der Waals surface area (Å²) in [5.74, 6) is 1.71. The molecule has 1 aliphatic heterocycles. The minimum Gasteiger partial charge on any atom is -0.487 e. The maximum atomic E-state index is 6.13. The topological polar surface area (TPSA) is 58.5 Å². The van der Waals surface area contributed by atoms with Gasteiger partial charge in [-0.3, -0.25) is 9.98 Å². The highest BCUT2D eigenvalue weighted by Crippen LogP contribution is 2.39. The van der Waals surface area contributed by atoms with Crippen LogP contribution in [0.3, 0.4) is 0 Å². The Morgan fingerprint density at radius 3 is 2.79 bits per heavy atom. The SMILES string of the molecule is CN=C(NCc1ccnc2ccccc12)NC1CC(C)(C)Oc2ccccc21. The van der Waals surface area contributed by atoms with Gasteiger partial charge in [0.2, 0.25) is 0 Å². The van der Waals surface area contributed by atoms with Crippen molar-refractivity contribution in [2.24, 2.45) is 4.99 Å². The predicted molar refractivity (Wildman–Crippen MR) is 114 cm³/mol. The van der Waals surface area contributed by atoms with Crippen molar-refractivity contribution in [2.45, 2.75) is 38.5 Å². The summed E-state index contributed by atoms with van der Waals surface area (Å²) < 4.78 is 6.13. The molecule has 0 saturated heterocycles. The number of guanidine groups is 1. The molecule has 4 rings (SSSR count). The van der Waals surface area contributed by atoms with Gasteiger partial charge in [-0.05, 0) is 37.6 Å². The predicted octanol–water partition coefficient (Wildman–Crippen LogP) is 4.20. The van der Waals surface area contributed by atoms with E-state index in [0.29, 0.717) is 6.54 Å². The summed E-state index contributed by atoms with van der Waals surface area (Å²) in [6.45, 7) is 4.92. The number of hydrogen-bond acceptors (Lipinski definition) is 3. The van der Waals surface area contributed by atoms with Crippen LogP contribution in [0.1, 0.15) is 37.4 Å². The fourth-order valence-corrected chi connectivity index (χ4v) is 3.78. The van der Waals surface area contributed by atoms with Gasteiger partial charge >= 0.3 is 0 Å². The first-order valence-electron chi connectivity index (χ1n) is 9.63. The smallest absolute Gasteiger partial charge is 0.191 e. The molecule has 1 atom stereocenters. The van der Waals surface area contributed by atoms with E-state index in [1.165, 1.54) is 11.1 Å². The van der Waals surface area contributed by atoms with Crippen molar-refractivity contribution >= 4 is 16.9 Å². The van der Waals surface area contributed by atoms with E-state index in [9.17, 15) is 0 Å². The highest BCUT2D eigenvalue weighted by Gasteiger charge is 2.33. The summed E-state index contributed by atoms with van der Waals surface area (Å²) in [5, 5.41) is 8.19. The number of aromatic nitrogens is 1. The molecular formula is C23H26N4O. The van der Waals surface area contributed by atoms with Crippen molar-refractivity contribution in [2.75, 3.05) is 7.05 Å². The lowest BCUT2D eigenvalue weighted by atomic mass is 9.90. The number of fused-ring (bicyclic) bond motifs is 2. The van der Waals surface area contributed by atoms with Gasteiger partial charge in [-0.1, -0.05) is 36.4 Å².